The number of fused-ring (bicyclic) bond motifs is 1. The number of nitrogens with zero attached hydrogens (tertiary/aromatic N) is 1. The number of non-ortho nitro benzene ring substituents is 1. The second kappa shape index (κ2) is 6.14. The summed E-state index contributed by atoms with van der Waals surface area (Å²) in [6.07, 6.45) is -0.273. The molecular weight excluding hydrogens is 334 g/mol. The highest BCUT2D eigenvalue weighted by Gasteiger charge is 2.32. The summed E-state index contributed by atoms with van der Waals surface area (Å²) in [5, 5.41) is 10.6. The van der Waals surface area contributed by atoms with Gasteiger partial charge in [-0.3, -0.25) is 19.1 Å². The number of benzene rings is 2. The number of nitro groups is 1. The van der Waals surface area contributed by atoms with Crippen molar-refractivity contribution in [2.45, 2.75) is 23.8 Å². The van der Waals surface area contributed by atoms with Gasteiger partial charge in [-0.15, -0.1) is 0 Å². The third-order valence-electron chi connectivity index (χ3n) is 3.83. The summed E-state index contributed by atoms with van der Waals surface area (Å²) in [4.78, 5) is 22.2. The molecule has 0 aliphatic heterocycles. The van der Waals surface area contributed by atoms with Crippen molar-refractivity contribution < 1.29 is 22.3 Å². The number of hydrogen-bond donors (Lipinski definition) is 0. The fourth-order valence-electron chi connectivity index (χ4n) is 2.60. The highest BCUT2D eigenvalue weighted by molar-refractivity contribution is 7.86. The van der Waals surface area contributed by atoms with Crippen molar-refractivity contribution in [1.82, 2.24) is 0 Å². The van der Waals surface area contributed by atoms with Gasteiger partial charge in [-0.25, -0.2) is 0 Å². The minimum absolute atomic E-state index is 0.222. The Labute approximate surface area is 138 Å². The fraction of sp³-hybridized carbons (Fsp3) is 0.188. The molecule has 24 heavy (non-hydrogen) atoms. The Morgan fingerprint density at radius 3 is 2.42 bits per heavy atom. The first kappa shape index (κ1) is 16.3. The Bertz CT molecular complexity index is 904. The average Bonchev–Trinajstić information content (AvgIpc) is 2.57. The molecule has 1 unspecified atom stereocenters. The number of aryl methyl sites for hydroxylation is 1. The zero-order valence-electron chi connectivity index (χ0n) is 12.4. The van der Waals surface area contributed by atoms with Crippen LogP contribution in [0.25, 0.3) is 0 Å². The summed E-state index contributed by atoms with van der Waals surface area (Å²) >= 11 is 0. The van der Waals surface area contributed by atoms with Gasteiger partial charge in [-0.2, -0.15) is 8.42 Å². The minimum atomic E-state index is -4.18. The summed E-state index contributed by atoms with van der Waals surface area (Å²) in [5.74, 6) is -0.373. The van der Waals surface area contributed by atoms with Crippen LogP contribution < -0.4 is 0 Å². The second-order valence-electron chi connectivity index (χ2n) is 5.35. The van der Waals surface area contributed by atoms with Gasteiger partial charge in [0.1, 0.15) is 6.10 Å². The van der Waals surface area contributed by atoms with E-state index in [2.05, 4.69) is 0 Å². The first-order valence-electron chi connectivity index (χ1n) is 7.18. The van der Waals surface area contributed by atoms with E-state index in [4.69, 9.17) is 4.18 Å². The smallest absolute Gasteiger partial charge is 0.291 e. The molecule has 8 heteroatoms. The molecule has 2 aromatic rings. The van der Waals surface area contributed by atoms with E-state index < -0.39 is 21.1 Å². The molecule has 0 fully saturated rings. The van der Waals surface area contributed by atoms with Gasteiger partial charge in [-0.05, 0) is 30.5 Å². The molecule has 0 heterocycles. The highest BCUT2D eigenvalue weighted by atomic mass is 32.2. The van der Waals surface area contributed by atoms with Crippen LogP contribution in [-0.4, -0.2) is 25.2 Å². The van der Waals surface area contributed by atoms with Crippen LogP contribution in [-0.2, 0) is 20.7 Å². The van der Waals surface area contributed by atoms with Crippen LogP contribution in [0.15, 0.2) is 53.4 Å². The Hall–Kier alpha value is -2.58. The van der Waals surface area contributed by atoms with Gasteiger partial charge in [0.2, 0.25) is 0 Å². The predicted octanol–water partition coefficient (Wildman–Crippen LogP) is 2.50. The zero-order valence-corrected chi connectivity index (χ0v) is 13.2. The Kier molecular flexibility index (Phi) is 4.16. The van der Waals surface area contributed by atoms with E-state index in [-0.39, 0.29) is 22.8 Å². The molecule has 7 nitrogen and oxygen atoms in total. The minimum Gasteiger partial charge on any atom is -0.291 e. The Morgan fingerprint density at radius 2 is 1.75 bits per heavy atom. The Morgan fingerprint density at radius 1 is 1.08 bits per heavy atom. The normalized spacial score (nSPS) is 17.3. The maximum absolute atomic E-state index is 12.4. The third kappa shape index (κ3) is 3.06. The first-order valence-corrected chi connectivity index (χ1v) is 8.59. The molecule has 124 valence electrons. The van der Waals surface area contributed by atoms with Crippen molar-refractivity contribution in [2.24, 2.45) is 0 Å². The lowest BCUT2D eigenvalue weighted by atomic mass is 9.89. The van der Waals surface area contributed by atoms with Crippen molar-refractivity contribution in [3.63, 3.8) is 0 Å². The molecule has 0 N–H and O–H groups in total. The van der Waals surface area contributed by atoms with E-state index in [9.17, 15) is 23.3 Å². The summed E-state index contributed by atoms with van der Waals surface area (Å²) in [6.45, 7) is 0. The fourth-order valence-corrected chi connectivity index (χ4v) is 3.67. The molecule has 1 atom stereocenters. The lowest BCUT2D eigenvalue weighted by molar-refractivity contribution is -0.384. The SMILES string of the molecule is O=C1c2ccccc2CCC1OS(=O)(=O)c1ccc([N+](=O)[O-])cc1. The van der Waals surface area contributed by atoms with Gasteiger partial charge in [0, 0.05) is 17.7 Å². The number of nitro benzene ring substituents is 1. The van der Waals surface area contributed by atoms with Crippen LogP contribution in [0, 0.1) is 10.1 Å². The summed E-state index contributed by atoms with van der Waals surface area (Å²) < 4.78 is 29.7. The Balaban J connectivity index is 1.82. The largest absolute Gasteiger partial charge is 0.297 e. The zero-order chi connectivity index (χ0) is 17.3. The first-order chi connectivity index (χ1) is 11.4. The number of carbonyl (C=O) groups excluding carboxylic acids is 1. The van der Waals surface area contributed by atoms with Gasteiger partial charge < -0.3 is 0 Å². The van der Waals surface area contributed by atoms with Crippen molar-refractivity contribution in [3.8, 4) is 0 Å². The van der Waals surface area contributed by atoms with Crippen LogP contribution in [0.3, 0.4) is 0 Å². The van der Waals surface area contributed by atoms with E-state index in [1.165, 1.54) is 0 Å². The number of ketones is 1. The van der Waals surface area contributed by atoms with Gasteiger partial charge >= 0.3 is 0 Å². The predicted molar refractivity (Wildman–Crippen MR) is 84.2 cm³/mol. The van der Waals surface area contributed by atoms with Gasteiger partial charge in [0.05, 0.1) is 9.82 Å². The van der Waals surface area contributed by atoms with Crippen LogP contribution in [0.1, 0.15) is 22.3 Å². The molecule has 1 aliphatic carbocycles. The molecule has 0 aromatic heterocycles. The van der Waals surface area contributed by atoms with E-state index in [1.54, 1.807) is 12.1 Å². The summed E-state index contributed by atoms with van der Waals surface area (Å²) in [6, 6.07) is 11.3. The average molecular weight is 347 g/mol. The number of hydrogen-bond acceptors (Lipinski definition) is 6. The van der Waals surface area contributed by atoms with Crippen molar-refractivity contribution in [1.29, 1.82) is 0 Å². The lowest BCUT2D eigenvalue weighted by Gasteiger charge is -2.22. The van der Waals surface area contributed by atoms with E-state index in [0.717, 1.165) is 29.8 Å². The summed E-state index contributed by atoms with van der Waals surface area (Å²) in [7, 11) is -4.18. The topological polar surface area (TPSA) is 104 Å². The maximum Gasteiger partial charge on any atom is 0.297 e. The molecule has 0 saturated heterocycles. The molecule has 2 aromatic carbocycles. The molecule has 0 bridgehead atoms. The monoisotopic (exact) mass is 347 g/mol. The van der Waals surface area contributed by atoms with Gasteiger partial charge in [-0.1, -0.05) is 24.3 Å². The van der Waals surface area contributed by atoms with Crippen LogP contribution >= 0.6 is 0 Å². The quantitative estimate of drug-likeness (QED) is 0.478. The van der Waals surface area contributed by atoms with E-state index in [1.807, 2.05) is 12.1 Å². The van der Waals surface area contributed by atoms with Crippen molar-refractivity contribution >= 4 is 21.6 Å². The molecule has 0 radical (unpaired) electrons. The maximum atomic E-state index is 12.4. The third-order valence-corrected chi connectivity index (χ3v) is 5.17. The molecule has 0 spiro atoms. The highest BCUT2D eigenvalue weighted by Crippen LogP contribution is 2.26. The summed E-state index contributed by atoms with van der Waals surface area (Å²) in [5.41, 5.74) is 1.11. The molecular formula is C16H13NO6S. The second-order valence-corrected chi connectivity index (χ2v) is 6.92. The standard InChI is InChI=1S/C16H13NO6S/c18-16-14-4-2-1-3-11(14)5-10-15(16)23-24(21,22)13-8-6-12(7-9-13)17(19)20/h1-4,6-9,15H,5,10H2. The molecule has 1 aliphatic rings. The van der Waals surface area contributed by atoms with E-state index >= 15 is 0 Å². The molecule has 0 saturated carbocycles. The van der Waals surface area contributed by atoms with Crippen LogP contribution in [0.5, 0.6) is 0 Å². The lowest BCUT2D eigenvalue weighted by Crippen LogP contribution is -2.32. The van der Waals surface area contributed by atoms with Crippen LogP contribution in [0.2, 0.25) is 0 Å². The van der Waals surface area contributed by atoms with Crippen LogP contribution in [0.4, 0.5) is 5.69 Å². The number of carbonyl (C=O) groups is 1. The van der Waals surface area contributed by atoms with Crippen molar-refractivity contribution in [2.75, 3.05) is 0 Å². The molecule has 3 rings (SSSR count). The number of rotatable bonds is 4. The number of Topliss-reactive ketones (excluding diaryl/α,β-unsaturated/α-hetero) is 1. The van der Waals surface area contributed by atoms with E-state index in [0.29, 0.717) is 12.0 Å². The van der Waals surface area contributed by atoms with Gasteiger partial charge in [0.15, 0.2) is 5.78 Å². The van der Waals surface area contributed by atoms with Crippen molar-refractivity contribution in [3.05, 3.63) is 69.8 Å². The van der Waals surface area contributed by atoms with Gasteiger partial charge in [0.25, 0.3) is 15.8 Å². The molecule has 0 amide bonds.